The lowest BCUT2D eigenvalue weighted by Gasteiger charge is -2.18. The van der Waals surface area contributed by atoms with Crippen LogP contribution in [0.1, 0.15) is 5.56 Å². The van der Waals surface area contributed by atoms with Crippen molar-refractivity contribution in [2.24, 2.45) is 0 Å². The number of hydrogen-bond acceptors (Lipinski definition) is 1. The second-order valence-corrected chi connectivity index (χ2v) is 6.88. The minimum absolute atomic E-state index is 0.573. The van der Waals surface area contributed by atoms with Crippen LogP contribution in [0.3, 0.4) is 0 Å². The van der Waals surface area contributed by atoms with Crippen LogP contribution < -0.4 is 0 Å². The number of rotatable bonds is 4. The average molecular weight is 191 g/mol. The van der Waals surface area contributed by atoms with Crippen LogP contribution in [0.25, 0.3) is 0 Å². The van der Waals surface area contributed by atoms with Crippen LogP contribution in [0.4, 0.5) is 0 Å². The van der Waals surface area contributed by atoms with E-state index >= 15 is 0 Å². The van der Waals surface area contributed by atoms with E-state index in [0.717, 1.165) is 0 Å². The molecule has 0 aliphatic rings. The Morgan fingerprint density at radius 2 is 1.77 bits per heavy atom. The first-order valence-electron chi connectivity index (χ1n) is 4.94. The highest BCUT2D eigenvalue weighted by Gasteiger charge is 2.09. The van der Waals surface area contributed by atoms with Gasteiger partial charge in [0.25, 0.3) is 0 Å². The number of likely N-dealkylation sites (N-methyl/N-ethyl adjacent to an activating group) is 1. The summed E-state index contributed by atoms with van der Waals surface area (Å²) in [7, 11) is 2.24. The highest BCUT2D eigenvalue weighted by Crippen LogP contribution is 2.01. The maximum absolute atomic E-state index is 2.51. The zero-order valence-electron chi connectivity index (χ0n) is 8.83. The summed E-state index contributed by atoms with van der Waals surface area (Å²) in [5, 5.41) is 0. The molecule has 0 aliphatic heterocycles. The van der Waals surface area contributed by atoms with E-state index in [1.54, 1.807) is 0 Å². The van der Waals surface area contributed by atoms with Crippen molar-refractivity contribution in [2.75, 3.05) is 13.6 Å². The van der Waals surface area contributed by atoms with Crippen LogP contribution in [-0.2, 0) is 6.42 Å². The van der Waals surface area contributed by atoms with Crippen LogP contribution >= 0.6 is 0 Å². The van der Waals surface area contributed by atoms with Gasteiger partial charge in [0.05, 0.1) is 0 Å². The first kappa shape index (κ1) is 10.8. The molecule has 0 heterocycles. The number of hydrogen-bond donors (Lipinski definition) is 0. The van der Waals surface area contributed by atoms with E-state index in [1.807, 2.05) is 0 Å². The highest BCUT2D eigenvalue weighted by molar-refractivity contribution is 6.52. The fraction of sp³-hybridized carbons (Fsp3) is 0.455. The SMILES string of the molecule is C[N](CCc1ccccc1)[Al]([CH3])[CH3]. The summed E-state index contributed by atoms with van der Waals surface area (Å²) in [5.41, 5.74) is 1.45. The zero-order chi connectivity index (χ0) is 9.68. The van der Waals surface area contributed by atoms with Gasteiger partial charge in [-0.15, -0.1) is 0 Å². The van der Waals surface area contributed by atoms with Gasteiger partial charge in [0, 0.05) is 0 Å². The smallest absolute Gasteiger partial charge is 0.365 e. The lowest BCUT2D eigenvalue weighted by atomic mass is 10.2. The predicted octanol–water partition coefficient (Wildman–Crippen LogP) is 2.41. The minimum atomic E-state index is -0.573. The fourth-order valence-electron chi connectivity index (χ4n) is 1.21. The summed E-state index contributed by atoms with van der Waals surface area (Å²) in [5.74, 6) is 4.73. The molecule has 1 rings (SSSR count). The molecule has 70 valence electrons. The van der Waals surface area contributed by atoms with Gasteiger partial charge < -0.3 is 3.88 Å². The van der Waals surface area contributed by atoms with Crippen molar-refractivity contribution in [2.45, 2.75) is 18.0 Å². The van der Waals surface area contributed by atoms with Gasteiger partial charge in [-0.1, -0.05) is 41.9 Å². The van der Waals surface area contributed by atoms with Crippen LogP contribution in [-0.4, -0.2) is 31.8 Å². The number of benzene rings is 1. The lowest BCUT2D eigenvalue weighted by molar-refractivity contribution is 0.527. The lowest BCUT2D eigenvalue weighted by Crippen LogP contribution is -2.32. The third-order valence-corrected chi connectivity index (χ3v) is 4.50. The quantitative estimate of drug-likeness (QED) is 0.661. The largest absolute Gasteiger partial charge is 0.387 e. The molecule has 1 aromatic rings. The first-order chi connectivity index (χ1) is 6.20. The van der Waals surface area contributed by atoms with Crippen molar-refractivity contribution in [3.8, 4) is 0 Å². The fourth-order valence-corrected chi connectivity index (χ4v) is 1.85. The highest BCUT2D eigenvalue weighted by atomic mass is 27.2. The summed E-state index contributed by atoms with van der Waals surface area (Å²) in [6.45, 7) is 1.20. The number of nitrogens with zero attached hydrogens (tertiary/aromatic N) is 1. The summed E-state index contributed by atoms with van der Waals surface area (Å²) in [6.07, 6.45) is 1.18. The maximum atomic E-state index is 2.51. The van der Waals surface area contributed by atoms with Crippen LogP contribution in [0.5, 0.6) is 0 Å². The first-order valence-corrected chi connectivity index (χ1v) is 7.77. The topological polar surface area (TPSA) is 3.24 Å². The van der Waals surface area contributed by atoms with Gasteiger partial charge in [0.15, 0.2) is 0 Å². The molecule has 13 heavy (non-hydrogen) atoms. The van der Waals surface area contributed by atoms with E-state index < -0.39 is 14.4 Å². The van der Waals surface area contributed by atoms with Crippen LogP contribution in [0.15, 0.2) is 30.3 Å². The summed E-state index contributed by atoms with van der Waals surface area (Å²) in [4.78, 5) is 0. The van der Waals surface area contributed by atoms with Crippen LogP contribution in [0, 0.1) is 0 Å². The van der Waals surface area contributed by atoms with Gasteiger partial charge in [-0.25, -0.2) is 0 Å². The van der Waals surface area contributed by atoms with Crippen molar-refractivity contribution in [1.29, 1.82) is 0 Å². The molecular weight excluding hydrogens is 173 g/mol. The Kier molecular flexibility index (Phi) is 4.52. The molecule has 0 amide bonds. The Morgan fingerprint density at radius 1 is 1.15 bits per heavy atom. The molecule has 0 aliphatic carbocycles. The average Bonchev–Trinajstić information content (AvgIpc) is 2.15. The molecule has 0 saturated carbocycles. The van der Waals surface area contributed by atoms with Gasteiger partial charge in [-0.3, -0.25) is 0 Å². The summed E-state index contributed by atoms with van der Waals surface area (Å²) in [6, 6.07) is 10.7. The van der Waals surface area contributed by atoms with E-state index in [9.17, 15) is 0 Å². The Bertz CT molecular complexity index is 233. The molecule has 1 aromatic carbocycles. The molecule has 0 bridgehead atoms. The van der Waals surface area contributed by atoms with Crippen LogP contribution in [0.2, 0.25) is 11.6 Å². The third kappa shape index (κ3) is 3.96. The molecular formula is C11H18AlN. The van der Waals surface area contributed by atoms with Gasteiger partial charge in [0.2, 0.25) is 0 Å². The zero-order valence-corrected chi connectivity index (χ0v) is 9.98. The van der Waals surface area contributed by atoms with Crippen molar-refractivity contribution < 1.29 is 0 Å². The van der Waals surface area contributed by atoms with Crippen molar-refractivity contribution in [3.63, 3.8) is 0 Å². The Labute approximate surface area is 86.0 Å². The van der Waals surface area contributed by atoms with Gasteiger partial charge >= 0.3 is 14.4 Å². The molecule has 0 aromatic heterocycles. The molecule has 1 nitrogen and oxygen atoms in total. The predicted molar refractivity (Wildman–Crippen MR) is 60.3 cm³/mol. The standard InChI is InChI=1S/C9H12N.2CH3.Al/c1-10-8-7-9-5-3-2-4-6-9;;;/h2-6H,7-8H2,1H3;2*1H3;/q-1;;;+1. The van der Waals surface area contributed by atoms with Crippen molar-refractivity contribution >= 4 is 14.4 Å². The maximum Gasteiger partial charge on any atom is 0.365 e. The molecule has 2 heteroatoms. The molecule has 0 N–H and O–H groups in total. The molecule has 0 saturated heterocycles. The van der Waals surface area contributed by atoms with E-state index in [1.165, 1.54) is 18.5 Å². The minimum Gasteiger partial charge on any atom is -0.387 e. The molecule has 0 atom stereocenters. The third-order valence-electron chi connectivity index (χ3n) is 2.48. The second kappa shape index (κ2) is 5.44. The second-order valence-electron chi connectivity index (χ2n) is 3.81. The Hall–Kier alpha value is -0.288. The Balaban J connectivity index is 2.35. The monoisotopic (exact) mass is 191 g/mol. The van der Waals surface area contributed by atoms with Crippen molar-refractivity contribution in [1.82, 2.24) is 3.88 Å². The molecule has 0 unspecified atom stereocenters. The van der Waals surface area contributed by atoms with Gasteiger partial charge in [-0.2, -0.15) is 0 Å². The van der Waals surface area contributed by atoms with Crippen molar-refractivity contribution in [3.05, 3.63) is 35.9 Å². The molecule has 0 spiro atoms. The molecule has 0 radical (unpaired) electrons. The van der Waals surface area contributed by atoms with E-state index in [2.05, 4.69) is 52.8 Å². The normalized spacial score (nSPS) is 10.5. The summed E-state index contributed by atoms with van der Waals surface area (Å²) >= 11 is -0.573. The summed E-state index contributed by atoms with van der Waals surface area (Å²) < 4.78 is 2.51. The van der Waals surface area contributed by atoms with Gasteiger partial charge in [0.1, 0.15) is 0 Å². The molecule has 0 fully saturated rings. The van der Waals surface area contributed by atoms with Gasteiger partial charge in [-0.05, 0) is 25.6 Å². The van der Waals surface area contributed by atoms with E-state index in [-0.39, 0.29) is 0 Å². The van der Waals surface area contributed by atoms with E-state index in [4.69, 9.17) is 0 Å². The van der Waals surface area contributed by atoms with E-state index in [0.29, 0.717) is 0 Å². The Morgan fingerprint density at radius 3 is 2.31 bits per heavy atom.